The smallest absolute Gasteiger partial charge is 0.0174 e. The average molecular weight is 183 g/mol. The molecule has 78 valence electrons. The first-order valence-electron chi connectivity index (χ1n) is 5.57. The second-order valence-corrected chi connectivity index (χ2v) is 3.99. The third kappa shape index (κ3) is 4.97. The van der Waals surface area contributed by atoms with Gasteiger partial charge in [-0.2, -0.15) is 0 Å². The van der Waals surface area contributed by atoms with Crippen molar-refractivity contribution < 1.29 is 0 Å². The molecular weight excluding hydrogens is 158 g/mol. The fraction of sp³-hybridized carbons (Fsp3) is 0.833. The first kappa shape index (κ1) is 12.5. The summed E-state index contributed by atoms with van der Waals surface area (Å²) >= 11 is 0. The summed E-state index contributed by atoms with van der Waals surface area (Å²) in [6, 6.07) is 0. The van der Waals surface area contributed by atoms with E-state index in [1.807, 2.05) is 0 Å². The molecule has 1 nitrogen and oxygen atoms in total. The molecule has 0 saturated heterocycles. The lowest BCUT2D eigenvalue weighted by Crippen LogP contribution is -2.27. The highest BCUT2D eigenvalue weighted by Gasteiger charge is 2.08. The Bertz CT molecular complexity index is 138. The maximum absolute atomic E-state index is 4.15. The van der Waals surface area contributed by atoms with Gasteiger partial charge < -0.3 is 4.90 Å². The van der Waals surface area contributed by atoms with Crippen molar-refractivity contribution >= 4 is 0 Å². The molecule has 0 aliphatic carbocycles. The zero-order valence-corrected chi connectivity index (χ0v) is 9.77. The molecule has 13 heavy (non-hydrogen) atoms. The van der Waals surface area contributed by atoms with Gasteiger partial charge in [0.05, 0.1) is 0 Å². The van der Waals surface area contributed by atoms with Crippen molar-refractivity contribution in [2.75, 3.05) is 13.1 Å². The molecule has 0 heterocycles. The summed E-state index contributed by atoms with van der Waals surface area (Å²) in [4.78, 5) is 2.44. The summed E-state index contributed by atoms with van der Waals surface area (Å²) in [6.45, 7) is 15.4. The average Bonchev–Trinajstić information content (AvgIpc) is 2.11. The lowest BCUT2D eigenvalue weighted by atomic mass is 10.1. The highest BCUT2D eigenvalue weighted by molar-refractivity contribution is 4.96. The first-order chi connectivity index (χ1) is 6.13. The van der Waals surface area contributed by atoms with Crippen molar-refractivity contribution in [3.8, 4) is 0 Å². The van der Waals surface area contributed by atoms with Gasteiger partial charge in [0.1, 0.15) is 0 Å². The van der Waals surface area contributed by atoms with Gasteiger partial charge in [-0.15, -0.1) is 0 Å². The van der Waals surface area contributed by atoms with Crippen LogP contribution < -0.4 is 0 Å². The number of unbranched alkanes of at least 4 members (excludes halogenated alkanes) is 1. The molecule has 0 aliphatic rings. The van der Waals surface area contributed by atoms with Crippen LogP contribution in [0.1, 0.15) is 47.0 Å². The molecule has 0 aromatic rings. The normalized spacial score (nSPS) is 10.5. The molecule has 0 fully saturated rings. The molecule has 0 bridgehead atoms. The molecule has 0 atom stereocenters. The number of rotatable bonds is 7. The molecule has 0 rings (SSSR count). The summed E-state index contributed by atoms with van der Waals surface area (Å²) in [5.74, 6) is 0.586. The van der Waals surface area contributed by atoms with E-state index >= 15 is 0 Å². The third-order valence-corrected chi connectivity index (χ3v) is 2.35. The Labute approximate surface area is 83.8 Å². The second-order valence-electron chi connectivity index (χ2n) is 3.99. The monoisotopic (exact) mass is 183 g/mol. The van der Waals surface area contributed by atoms with Gasteiger partial charge in [-0.1, -0.05) is 40.7 Å². The molecule has 0 aromatic heterocycles. The zero-order chi connectivity index (χ0) is 10.3. The largest absolute Gasteiger partial charge is 0.375 e. The lowest BCUT2D eigenvalue weighted by molar-refractivity contribution is 0.309. The highest BCUT2D eigenvalue weighted by atomic mass is 15.1. The fourth-order valence-corrected chi connectivity index (χ4v) is 1.38. The molecule has 0 aromatic carbocycles. The van der Waals surface area contributed by atoms with E-state index in [9.17, 15) is 0 Å². The standard InChI is InChI=1S/C12H25N/c1-6-8-10-13(9-7-2)12(5)11(3)4/h11H,5-10H2,1-4H3. The van der Waals surface area contributed by atoms with Gasteiger partial charge in [0, 0.05) is 18.8 Å². The number of hydrogen-bond donors (Lipinski definition) is 0. The number of allylic oxidation sites excluding steroid dienone is 1. The molecule has 0 unspecified atom stereocenters. The Balaban J connectivity index is 3.99. The summed E-state index contributed by atoms with van der Waals surface area (Å²) in [5.41, 5.74) is 1.30. The van der Waals surface area contributed by atoms with Gasteiger partial charge >= 0.3 is 0 Å². The van der Waals surface area contributed by atoms with E-state index in [4.69, 9.17) is 0 Å². The van der Waals surface area contributed by atoms with Crippen molar-refractivity contribution in [2.24, 2.45) is 5.92 Å². The minimum atomic E-state index is 0.586. The zero-order valence-electron chi connectivity index (χ0n) is 9.77. The van der Waals surface area contributed by atoms with Crippen LogP contribution in [-0.4, -0.2) is 18.0 Å². The van der Waals surface area contributed by atoms with Gasteiger partial charge in [0.2, 0.25) is 0 Å². The molecule has 1 heteroatoms. The Hall–Kier alpha value is -0.460. The van der Waals surface area contributed by atoms with Crippen LogP contribution in [0.2, 0.25) is 0 Å². The Kier molecular flexibility index (Phi) is 6.75. The summed E-state index contributed by atoms with van der Waals surface area (Å²) in [7, 11) is 0. The van der Waals surface area contributed by atoms with E-state index in [0.29, 0.717) is 5.92 Å². The van der Waals surface area contributed by atoms with Crippen LogP contribution in [0.15, 0.2) is 12.3 Å². The van der Waals surface area contributed by atoms with Gasteiger partial charge in [-0.3, -0.25) is 0 Å². The van der Waals surface area contributed by atoms with Gasteiger partial charge in [-0.25, -0.2) is 0 Å². The minimum absolute atomic E-state index is 0.586. The highest BCUT2D eigenvalue weighted by Crippen LogP contribution is 2.14. The fourth-order valence-electron chi connectivity index (χ4n) is 1.38. The third-order valence-electron chi connectivity index (χ3n) is 2.35. The van der Waals surface area contributed by atoms with E-state index in [2.05, 4.69) is 39.2 Å². The maximum Gasteiger partial charge on any atom is 0.0174 e. The van der Waals surface area contributed by atoms with Crippen LogP contribution in [0, 0.1) is 5.92 Å². The SMILES string of the molecule is C=C(C(C)C)N(CCC)CCCC. The molecular formula is C12H25N. The van der Waals surface area contributed by atoms with E-state index in [1.54, 1.807) is 0 Å². The van der Waals surface area contributed by atoms with Crippen LogP contribution in [0.4, 0.5) is 0 Å². The molecule has 0 spiro atoms. The molecule has 0 N–H and O–H groups in total. The maximum atomic E-state index is 4.15. The predicted octanol–water partition coefficient (Wildman–Crippen LogP) is 3.67. The molecule has 0 saturated carbocycles. The van der Waals surface area contributed by atoms with Crippen molar-refractivity contribution in [3.05, 3.63) is 12.3 Å². The number of hydrogen-bond acceptors (Lipinski definition) is 1. The van der Waals surface area contributed by atoms with Gasteiger partial charge in [-0.05, 0) is 18.8 Å². The molecule has 0 aliphatic heterocycles. The Morgan fingerprint density at radius 2 is 1.77 bits per heavy atom. The van der Waals surface area contributed by atoms with Crippen LogP contribution in [0.25, 0.3) is 0 Å². The quantitative estimate of drug-likeness (QED) is 0.582. The van der Waals surface area contributed by atoms with Crippen molar-refractivity contribution in [3.63, 3.8) is 0 Å². The van der Waals surface area contributed by atoms with Gasteiger partial charge in [0.15, 0.2) is 0 Å². The Morgan fingerprint density at radius 1 is 1.15 bits per heavy atom. The molecule has 0 amide bonds. The molecule has 0 radical (unpaired) electrons. The van der Waals surface area contributed by atoms with E-state index in [1.165, 1.54) is 31.5 Å². The predicted molar refractivity (Wildman–Crippen MR) is 60.8 cm³/mol. The van der Waals surface area contributed by atoms with Crippen LogP contribution >= 0.6 is 0 Å². The summed E-state index contributed by atoms with van der Waals surface area (Å²) in [5, 5.41) is 0. The van der Waals surface area contributed by atoms with E-state index < -0.39 is 0 Å². The van der Waals surface area contributed by atoms with Crippen LogP contribution in [0.5, 0.6) is 0 Å². The first-order valence-corrected chi connectivity index (χ1v) is 5.57. The van der Waals surface area contributed by atoms with E-state index in [-0.39, 0.29) is 0 Å². The van der Waals surface area contributed by atoms with Crippen molar-refractivity contribution in [1.82, 2.24) is 4.90 Å². The van der Waals surface area contributed by atoms with E-state index in [0.717, 1.165) is 6.54 Å². The van der Waals surface area contributed by atoms with Crippen molar-refractivity contribution in [2.45, 2.75) is 47.0 Å². The van der Waals surface area contributed by atoms with Gasteiger partial charge in [0.25, 0.3) is 0 Å². The Morgan fingerprint density at radius 3 is 2.15 bits per heavy atom. The summed E-state index contributed by atoms with van der Waals surface area (Å²) < 4.78 is 0. The second kappa shape index (κ2) is 6.99. The van der Waals surface area contributed by atoms with Crippen LogP contribution in [0.3, 0.4) is 0 Å². The van der Waals surface area contributed by atoms with Crippen LogP contribution in [-0.2, 0) is 0 Å². The number of nitrogens with zero attached hydrogens (tertiary/aromatic N) is 1. The minimum Gasteiger partial charge on any atom is -0.375 e. The van der Waals surface area contributed by atoms with Crippen molar-refractivity contribution in [1.29, 1.82) is 0 Å². The topological polar surface area (TPSA) is 3.24 Å². The summed E-state index contributed by atoms with van der Waals surface area (Å²) in [6.07, 6.45) is 3.77. The lowest BCUT2D eigenvalue weighted by Gasteiger charge is -2.28.